The van der Waals surface area contributed by atoms with Gasteiger partial charge in [-0.05, 0) is 177 Å². The van der Waals surface area contributed by atoms with Gasteiger partial charge in [-0.2, -0.15) is 0 Å². The monoisotopic (exact) mass is 1300 g/mol. The molecule has 0 N–H and O–H groups in total. The Morgan fingerprint density at radius 2 is 0.933 bits per heavy atom. The molecule has 0 saturated heterocycles. The summed E-state index contributed by atoms with van der Waals surface area (Å²) in [7, 11) is 0. The molecule has 0 bridgehead atoms. The van der Waals surface area contributed by atoms with Gasteiger partial charge in [-0.3, -0.25) is 0 Å². The first-order valence-corrected chi connectivity index (χ1v) is 28.3. The highest BCUT2D eigenvalue weighted by Gasteiger charge is 2.25. The van der Waals surface area contributed by atoms with Crippen molar-refractivity contribution in [2.24, 2.45) is 0 Å². The van der Waals surface area contributed by atoms with Gasteiger partial charge in [0.2, 0.25) is 0 Å². The van der Waals surface area contributed by atoms with E-state index in [1.807, 2.05) is 12.1 Å². The van der Waals surface area contributed by atoms with Crippen LogP contribution >= 0.6 is 67.8 Å². The molecular weight excluding hydrogens is 1260 g/mol. The average Bonchev–Trinajstić information content (AvgIpc) is 4.12. The lowest BCUT2D eigenvalue weighted by Crippen LogP contribution is -2.04. The van der Waals surface area contributed by atoms with Crippen LogP contribution in [0.3, 0.4) is 0 Å². The molecule has 4 aromatic heterocycles. The summed E-state index contributed by atoms with van der Waals surface area (Å²) < 4.78 is 8.19. The Kier molecular flexibility index (Phi) is 12.8. The number of hydrogen-bond acceptors (Lipinski definition) is 5. The number of halogens is 3. The minimum atomic E-state index is 0.560. The minimum Gasteiger partial charge on any atom is -0.309 e. The van der Waals surface area contributed by atoms with Crippen molar-refractivity contribution < 1.29 is 0 Å². The highest BCUT2D eigenvalue weighted by atomic mass is 127. The summed E-state index contributed by atoms with van der Waals surface area (Å²) in [6, 6.07) is 75.4. The Labute approximate surface area is 475 Å². The lowest BCUT2D eigenvalue weighted by atomic mass is 10.0. The summed E-state index contributed by atoms with van der Waals surface area (Å²) in [4.78, 5) is 27.0. The van der Waals surface area contributed by atoms with Crippen LogP contribution in [0.4, 0.5) is 0 Å². The Morgan fingerprint density at radius 1 is 0.387 bits per heavy atom. The molecule has 0 aliphatic carbocycles. The third-order valence-corrected chi connectivity index (χ3v) is 15.7. The molecule has 75 heavy (non-hydrogen) atoms. The van der Waals surface area contributed by atoms with Crippen LogP contribution in [-0.4, -0.2) is 34.1 Å². The molecule has 0 saturated carbocycles. The Morgan fingerprint density at radius 3 is 1.57 bits per heavy atom. The molecule has 9 aromatic carbocycles. The summed E-state index contributed by atoms with van der Waals surface area (Å²) in [6.45, 7) is 2.23. The molecule has 4 heterocycles. The zero-order valence-corrected chi connectivity index (χ0v) is 47.1. The molecule has 13 rings (SSSR count). The van der Waals surface area contributed by atoms with Gasteiger partial charge in [0.1, 0.15) is 0 Å². The van der Waals surface area contributed by atoms with Crippen LogP contribution in [0.25, 0.3) is 123 Å². The smallest absolute Gasteiger partial charge is 0.164 e. The number of unbranched alkanes of at least 4 members (excludes halogenated alkanes) is 1. The molecule has 0 aliphatic heterocycles. The highest BCUT2D eigenvalue weighted by molar-refractivity contribution is 14.1. The highest BCUT2D eigenvalue weighted by Crippen LogP contribution is 2.44. The van der Waals surface area contributed by atoms with Gasteiger partial charge >= 0.3 is 0 Å². The molecule has 0 spiro atoms. The first-order valence-electron chi connectivity index (χ1n) is 25.0. The SMILES string of the molecule is CCCCc1cc(I)cc(-c2nc(-c3cc(I)cc(I)c3)nc(-c3ccc(-n4c5ccccc5c5c4ccc4c6ccccc6n(-c6ccccc6)c45)c(-c4nc(-c5ccccc5)cc(-c5ccccc5)n4)c3)n2)c1. The maximum absolute atomic E-state index is 5.51. The van der Waals surface area contributed by atoms with E-state index in [9.17, 15) is 0 Å². The van der Waals surface area contributed by atoms with Crippen molar-refractivity contribution >= 4 is 111 Å². The van der Waals surface area contributed by atoms with Crippen LogP contribution in [0.5, 0.6) is 0 Å². The molecule has 0 fully saturated rings. The summed E-state index contributed by atoms with van der Waals surface area (Å²) in [5.41, 5.74) is 14.9. The van der Waals surface area contributed by atoms with E-state index in [2.05, 4.69) is 284 Å². The second-order valence-corrected chi connectivity index (χ2v) is 22.5. The maximum atomic E-state index is 5.51. The summed E-state index contributed by atoms with van der Waals surface area (Å²) in [5.74, 6) is 2.38. The maximum Gasteiger partial charge on any atom is 0.164 e. The van der Waals surface area contributed by atoms with E-state index in [1.165, 1.54) is 16.3 Å². The zero-order chi connectivity index (χ0) is 50.6. The van der Waals surface area contributed by atoms with Crippen molar-refractivity contribution in [3.05, 3.63) is 229 Å². The van der Waals surface area contributed by atoms with Crippen molar-refractivity contribution in [3.8, 4) is 79.4 Å². The van der Waals surface area contributed by atoms with Gasteiger partial charge in [-0.15, -0.1) is 0 Å². The van der Waals surface area contributed by atoms with Gasteiger partial charge in [-0.25, -0.2) is 24.9 Å². The lowest BCUT2D eigenvalue weighted by molar-refractivity contribution is 0.795. The predicted octanol–water partition coefficient (Wildman–Crippen LogP) is 18.0. The number of aromatic nitrogens is 7. The predicted molar refractivity (Wildman–Crippen MR) is 333 cm³/mol. The summed E-state index contributed by atoms with van der Waals surface area (Å²) in [5, 5.41) is 4.71. The molecule has 10 heteroatoms. The van der Waals surface area contributed by atoms with E-state index in [4.69, 9.17) is 24.9 Å². The van der Waals surface area contributed by atoms with Gasteiger partial charge in [0, 0.05) is 71.3 Å². The fourth-order valence-corrected chi connectivity index (χ4v) is 13.2. The number of nitrogens with zero attached hydrogens (tertiary/aromatic N) is 7. The minimum absolute atomic E-state index is 0.560. The van der Waals surface area contributed by atoms with Crippen LogP contribution in [0.1, 0.15) is 25.3 Å². The van der Waals surface area contributed by atoms with E-state index < -0.39 is 0 Å². The molecule has 0 unspecified atom stereocenters. The molecule has 360 valence electrons. The summed E-state index contributed by atoms with van der Waals surface area (Å²) >= 11 is 7.19. The van der Waals surface area contributed by atoms with Gasteiger partial charge in [0.05, 0.1) is 39.1 Å². The first kappa shape index (κ1) is 47.6. The molecule has 0 amide bonds. The van der Waals surface area contributed by atoms with Crippen molar-refractivity contribution in [1.82, 2.24) is 34.1 Å². The Bertz CT molecular complexity index is 4250. The Balaban J connectivity index is 1.12. The molecular formula is C65H44I3N7. The van der Waals surface area contributed by atoms with E-state index in [-0.39, 0.29) is 0 Å². The largest absolute Gasteiger partial charge is 0.309 e. The van der Waals surface area contributed by atoms with E-state index >= 15 is 0 Å². The van der Waals surface area contributed by atoms with Crippen LogP contribution in [-0.2, 0) is 6.42 Å². The average molecular weight is 1300 g/mol. The van der Waals surface area contributed by atoms with E-state index in [0.717, 1.165) is 119 Å². The van der Waals surface area contributed by atoms with Crippen LogP contribution in [0.2, 0.25) is 0 Å². The van der Waals surface area contributed by atoms with Crippen LogP contribution in [0.15, 0.2) is 212 Å². The van der Waals surface area contributed by atoms with Gasteiger partial charge < -0.3 is 9.13 Å². The number of rotatable bonds is 11. The number of fused-ring (bicyclic) bond motifs is 7. The molecule has 13 aromatic rings. The topological polar surface area (TPSA) is 74.3 Å². The number of aryl methyl sites for hydroxylation is 1. The fraction of sp³-hybridized carbons (Fsp3) is 0.0615. The van der Waals surface area contributed by atoms with Gasteiger partial charge in [0.25, 0.3) is 0 Å². The standard InChI is InChI=1S/C65H44I3N7/c1-2-3-17-40-32-44(34-46(66)33-40)63-71-62(72-64(73-63)45-35-47(67)38-48(68)36-45)43-28-30-58(53(37-43)65-69-54(41-18-7-4-8-19-41)39-55(70-65)42-20-9-5-10-21-42)75-57-27-16-14-25-52(57)60-59(75)31-29-51-50-24-13-15-26-56(50)74(61(51)60)49-22-11-6-12-23-49/h4-16,18-39H,2-3,17H2,1H3. The third-order valence-electron chi connectivity index (χ3n) is 13.9. The van der Waals surface area contributed by atoms with Crippen LogP contribution in [0, 0.1) is 10.7 Å². The first-order chi connectivity index (χ1) is 36.8. The molecule has 0 radical (unpaired) electrons. The fourth-order valence-electron chi connectivity index (χ4n) is 10.5. The lowest BCUT2D eigenvalue weighted by Gasteiger charge is -2.17. The quantitative estimate of drug-likeness (QED) is 0.121. The van der Waals surface area contributed by atoms with Gasteiger partial charge in [-0.1, -0.05) is 135 Å². The van der Waals surface area contributed by atoms with Crippen molar-refractivity contribution in [1.29, 1.82) is 0 Å². The number of benzene rings is 9. The zero-order valence-electron chi connectivity index (χ0n) is 40.6. The molecule has 0 aliphatic rings. The van der Waals surface area contributed by atoms with Crippen LogP contribution < -0.4 is 0 Å². The van der Waals surface area contributed by atoms with Crippen molar-refractivity contribution in [2.45, 2.75) is 26.2 Å². The van der Waals surface area contributed by atoms with Crippen molar-refractivity contribution in [3.63, 3.8) is 0 Å². The third kappa shape index (κ3) is 8.99. The molecule has 7 nitrogen and oxygen atoms in total. The Hall–Kier alpha value is -7.14. The van der Waals surface area contributed by atoms with E-state index in [1.54, 1.807) is 0 Å². The number of hydrogen-bond donors (Lipinski definition) is 0. The van der Waals surface area contributed by atoms with E-state index in [0.29, 0.717) is 23.3 Å². The van der Waals surface area contributed by atoms with Crippen molar-refractivity contribution in [2.75, 3.05) is 0 Å². The normalized spacial score (nSPS) is 11.6. The number of para-hydroxylation sites is 3. The second-order valence-electron chi connectivity index (χ2n) is 18.7. The molecule has 0 atom stereocenters. The second kappa shape index (κ2) is 20.2. The van der Waals surface area contributed by atoms with Gasteiger partial charge in [0.15, 0.2) is 23.3 Å². The summed E-state index contributed by atoms with van der Waals surface area (Å²) in [6.07, 6.45) is 3.21.